The molecule has 1 aliphatic heterocycles. The average Bonchev–Trinajstić information content (AvgIpc) is 2.62. The molecule has 1 aromatic carbocycles. The van der Waals surface area contributed by atoms with E-state index in [0.29, 0.717) is 42.7 Å². The smallest absolute Gasteiger partial charge is 0.224 e. The second-order valence-corrected chi connectivity index (χ2v) is 4.89. The number of benzene rings is 1. The Kier molecular flexibility index (Phi) is 4.91. The van der Waals surface area contributed by atoms with Crippen LogP contribution in [0, 0.1) is 0 Å². The van der Waals surface area contributed by atoms with Crippen LogP contribution in [0.1, 0.15) is 25.3 Å². The zero-order valence-electron chi connectivity index (χ0n) is 11.0. The molecule has 0 saturated carbocycles. The fraction of sp³-hybridized carbons (Fsp3) is 0.500. The van der Waals surface area contributed by atoms with Crippen LogP contribution in [0.3, 0.4) is 0 Å². The summed E-state index contributed by atoms with van der Waals surface area (Å²) in [7, 11) is 0. The number of hydrogen-bond donors (Lipinski definition) is 1. The molecule has 0 aromatic heterocycles. The maximum absolute atomic E-state index is 11.7. The van der Waals surface area contributed by atoms with Gasteiger partial charge in [-0.05, 0) is 24.1 Å². The predicted octanol–water partition coefficient (Wildman–Crippen LogP) is 2.57. The third-order valence-electron chi connectivity index (χ3n) is 2.80. The number of nitrogens with one attached hydrogen (secondary N) is 1. The van der Waals surface area contributed by atoms with Crippen molar-refractivity contribution in [3.8, 4) is 11.5 Å². The molecule has 1 heterocycles. The van der Waals surface area contributed by atoms with E-state index in [1.165, 1.54) is 0 Å². The van der Waals surface area contributed by atoms with Crippen LogP contribution in [0.4, 0.5) is 0 Å². The maximum atomic E-state index is 11.7. The molecule has 0 atom stereocenters. The number of ether oxygens (including phenoxy) is 2. The number of halogens is 1. The van der Waals surface area contributed by atoms with Gasteiger partial charge >= 0.3 is 0 Å². The molecule has 1 N–H and O–H groups in total. The van der Waals surface area contributed by atoms with Gasteiger partial charge in [0.2, 0.25) is 5.91 Å². The van der Waals surface area contributed by atoms with Crippen molar-refractivity contribution >= 4 is 17.5 Å². The summed E-state index contributed by atoms with van der Waals surface area (Å²) in [6.45, 7) is 3.92. The molecule has 4 nitrogen and oxygen atoms in total. The topological polar surface area (TPSA) is 47.6 Å². The molecule has 104 valence electrons. The highest BCUT2D eigenvalue weighted by atomic mass is 35.5. The predicted molar refractivity (Wildman–Crippen MR) is 74.1 cm³/mol. The van der Waals surface area contributed by atoms with Gasteiger partial charge in [-0.3, -0.25) is 4.79 Å². The second kappa shape index (κ2) is 6.66. The van der Waals surface area contributed by atoms with E-state index in [4.69, 9.17) is 21.1 Å². The van der Waals surface area contributed by atoms with E-state index >= 15 is 0 Å². The van der Waals surface area contributed by atoms with Gasteiger partial charge in [-0.2, -0.15) is 0 Å². The summed E-state index contributed by atoms with van der Waals surface area (Å²) in [6, 6.07) is 3.60. The normalized spacial score (nSPS) is 13.8. The van der Waals surface area contributed by atoms with Crippen molar-refractivity contribution in [2.45, 2.75) is 26.2 Å². The average molecular weight is 284 g/mol. The van der Waals surface area contributed by atoms with Crippen LogP contribution in [-0.4, -0.2) is 25.7 Å². The first-order valence-corrected chi connectivity index (χ1v) is 6.93. The minimum atomic E-state index is -0.00703. The van der Waals surface area contributed by atoms with Crippen LogP contribution in [0.15, 0.2) is 12.1 Å². The standard InChI is InChI=1S/C14H18ClNO3/c1-2-4-16-13(17)9-10-7-11(15)14-12(8-10)18-5-3-6-19-14/h7-8H,2-6,9H2,1H3,(H,16,17). The largest absolute Gasteiger partial charge is 0.489 e. The number of amides is 1. The summed E-state index contributed by atoms with van der Waals surface area (Å²) >= 11 is 6.17. The minimum absolute atomic E-state index is 0.00703. The zero-order chi connectivity index (χ0) is 13.7. The van der Waals surface area contributed by atoms with Crippen LogP contribution in [0.5, 0.6) is 11.5 Å². The first-order chi connectivity index (χ1) is 9.20. The summed E-state index contributed by atoms with van der Waals surface area (Å²) in [4.78, 5) is 11.7. The lowest BCUT2D eigenvalue weighted by molar-refractivity contribution is -0.120. The van der Waals surface area contributed by atoms with Crippen LogP contribution >= 0.6 is 11.6 Å². The maximum Gasteiger partial charge on any atom is 0.224 e. The summed E-state index contributed by atoms with van der Waals surface area (Å²) in [6.07, 6.45) is 2.06. The lowest BCUT2D eigenvalue weighted by Gasteiger charge is -2.11. The number of rotatable bonds is 4. The van der Waals surface area contributed by atoms with Gasteiger partial charge in [0, 0.05) is 13.0 Å². The molecule has 0 aliphatic carbocycles. The third-order valence-corrected chi connectivity index (χ3v) is 3.08. The number of carbonyl (C=O) groups excluding carboxylic acids is 1. The van der Waals surface area contributed by atoms with E-state index < -0.39 is 0 Å². The summed E-state index contributed by atoms with van der Waals surface area (Å²) in [5.41, 5.74) is 0.836. The van der Waals surface area contributed by atoms with Gasteiger partial charge in [0.15, 0.2) is 11.5 Å². The van der Waals surface area contributed by atoms with Crippen molar-refractivity contribution in [3.63, 3.8) is 0 Å². The van der Waals surface area contributed by atoms with Crippen LogP contribution < -0.4 is 14.8 Å². The molecule has 5 heteroatoms. The fourth-order valence-electron chi connectivity index (χ4n) is 1.90. The molecular formula is C14H18ClNO3. The Morgan fingerprint density at radius 1 is 1.37 bits per heavy atom. The van der Waals surface area contributed by atoms with E-state index in [0.717, 1.165) is 18.4 Å². The van der Waals surface area contributed by atoms with E-state index in [-0.39, 0.29) is 5.91 Å². The number of carbonyl (C=O) groups is 1. The fourth-order valence-corrected chi connectivity index (χ4v) is 2.19. The Morgan fingerprint density at radius 3 is 2.95 bits per heavy atom. The third kappa shape index (κ3) is 3.77. The van der Waals surface area contributed by atoms with E-state index in [1.807, 2.05) is 13.0 Å². The first kappa shape index (κ1) is 14.0. The van der Waals surface area contributed by atoms with Crippen molar-refractivity contribution in [2.24, 2.45) is 0 Å². The van der Waals surface area contributed by atoms with Crippen LogP contribution in [0.25, 0.3) is 0 Å². The Bertz CT molecular complexity index is 462. The van der Waals surface area contributed by atoms with Gasteiger partial charge < -0.3 is 14.8 Å². The molecule has 0 radical (unpaired) electrons. The quantitative estimate of drug-likeness (QED) is 0.924. The lowest BCUT2D eigenvalue weighted by atomic mass is 10.1. The molecule has 0 spiro atoms. The first-order valence-electron chi connectivity index (χ1n) is 6.55. The van der Waals surface area contributed by atoms with Gasteiger partial charge in [0.25, 0.3) is 0 Å². The summed E-state index contributed by atoms with van der Waals surface area (Å²) < 4.78 is 11.1. The highest BCUT2D eigenvalue weighted by molar-refractivity contribution is 6.32. The molecule has 19 heavy (non-hydrogen) atoms. The molecule has 0 unspecified atom stereocenters. The van der Waals surface area contributed by atoms with Crippen LogP contribution in [0.2, 0.25) is 5.02 Å². The van der Waals surface area contributed by atoms with E-state index in [9.17, 15) is 4.79 Å². The van der Waals surface area contributed by atoms with Gasteiger partial charge in [0.05, 0.1) is 24.7 Å². The van der Waals surface area contributed by atoms with Crippen LogP contribution in [-0.2, 0) is 11.2 Å². The molecule has 0 saturated heterocycles. The molecular weight excluding hydrogens is 266 g/mol. The summed E-state index contributed by atoms with van der Waals surface area (Å²) in [5, 5.41) is 3.34. The van der Waals surface area contributed by atoms with E-state index in [1.54, 1.807) is 6.07 Å². The molecule has 0 bridgehead atoms. The Hall–Kier alpha value is -1.42. The Balaban J connectivity index is 2.12. The minimum Gasteiger partial charge on any atom is -0.489 e. The Labute approximate surface area is 118 Å². The van der Waals surface area contributed by atoms with Crippen molar-refractivity contribution < 1.29 is 14.3 Å². The molecule has 1 aromatic rings. The zero-order valence-corrected chi connectivity index (χ0v) is 11.8. The van der Waals surface area contributed by atoms with Gasteiger partial charge in [0.1, 0.15) is 0 Å². The lowest BCUT2D eigenvalue weighted by Crippen LogP contribution is -2.25. The van der Waals surface area contributed by atoms with E-state index in [2.05, 4.69) is 5.32 Å². The van der Waals surface area contributed by atoms with Crippen molar-refractivity contribution in [2.75, 3.05) is 19.8 Å². The molecule has 1 amide bonds. The highest BCUT2D eigenvalue weighted by Crippen LogP contribution is 2.38. The van der Waals surface area contributed by atoms with Gasteiger partial charge in [-0.1, -0.05) is 18.5 Å². The monoisotopic (exact) mass is 283 g/mol. The Morgan fingerprint density at radius 2 is 2.16 bits per heavy atom. The molecule has 0 fully saturated rings. The van der Waals surface area contributed by atoms with Crippen molar-refractivity contribution in [1.82, 2.24) is 5.32 Å². The highest BCUT2D eigenvalue weighted by Gasteiger charge is 2.16. The van der Waals surface area contributed by atoms with Gasteiger partial charge in [-0.25, -0.2) is 0 Å². The second-order valence-electron chi connectivity index (χ2n) is 4.48. The molecule has 2 rings (SSSR count). The number of hydrogen-bond acceptors (Lipinski definition) is 3. The SMILES string of the molecule is CCCNC(=O)Cc1cc(Cl)c2c(c1)OCCCO2. The van der Waals surface area contributed by atoms with Crippen molar-refractivity contribution in [3.05, 3.63) is 22.7 Å². The van der Waals surface area contributed by atoms with Gasteiger partial charge in [-0.15, -0.1) is 0 Å². The number of fused-ring (bicyclic) bond motifs is 1. The molecule has 1 aliphatic rings. The van der Waals surface area contributed by atoms with Crippen molar-refractivity contribution in [1.29, 1.82) is 0 Å². The summed E-state index contributed by atoms with van der Waals surface area (Å²) in [5.74, 6) is 1.20.